The van der Waals surface area contributed by atoms with E-state index in [-0.39, 0.29) is 19.0 Å². The SMILES string of the molecule is Cc1ccccc1CN(C(=O)Cn1nnc2ccccc21)[C@@H](C(=O)Nc1ccc(N(C)C)cc1)c1ccc(F)cc1. The zero-order valence-electron chi connectivity index (χ0n) is 23.2. The van der Waals surface area contributed by atoms with E-state index in [4.69, 9.17) is 0 Å². The van der Waals surface area contributed by atoms with Crippen molar-refractivity contribution in [1.82, 2.24) is 19.9 Å². The summed E-state index contributed by atoms with van der Waals surface area (Å²) in [5.41, 5.74) is 5.29. The predicted octanol–water partition coefficient (Wildman–Crippen LogP) is 5.35. The molecule has 0 unspecified atom stereocenters. The first-order valence-corrected chi connectivity index (χ1v) is 13.3. The van der Waals surface area contributed by atoms with Crippen LogP contribution in [0.15, 0.2) is 97.1 Å². The minimum atomic E-state index is -1.05. The number of halogens is 1. The molecule has 0 saturated heterocycles. The van der Waals surface area contributed by atoms with E-state index in [2.05, 4.69) is 15.6 Å². The van der Waals surface area contributed by atoms with Gasteiger partial charge in [0.2, 0.25) is 5.91 Å². The summed E-state index contributed by atoms with van der Waals surface area (Å²) in [5.74, 6) is -1.19. The normalized spacial score (nSPS) is 11.7. The van der Waals surface area contributed by atoms with E-state index >= 15 is 0 Å². The number of para-hydroxylation sites is 1. The molecule has 2 amide bonds. The Morgan fingerprint density at radius 2 is 1.59 bits per heavy atom. The molecular weight excluding hydrogens is 519 g/mol. The van der Waals surface area contributed by atoms with E-state index in [0.717, 1.165) is 16.8 Å². The quantitative estimate of drug-likeness (QED) is 0.267. The van der Waals surface area contributed by atoms with Crippen molar-refractivity contribution in [3.63, 3.8) is 0 Å². The Morgan fingerprint density at radius 1 is 0.902 bits per heavy atom. The first-order chi connectivity index (χ1) is 19.8. The molecule has 41 heavy (non-hydrogen) atoms. The molecule has 0 saturated carbocycles. The van der Waals surface area contributed by atoms with Crippen molar-refractivity contribution in [1.29, 1.82) is 0 Å². The smallest absolute Gasteiger partial charge is 0.251 e. The van der Waals surface area contributed by atoms with Gasteiger partial charge in [-0.1, -0.05) is 53.7 Å². The van der Waals surface area contributed by atoms with Gasteiger partial charge in [-0.05, 0) is 72.1 Å². The maximum absolute atomic E-state index is 14.1. The minimum absolute atomic E-state index is 0.130. The van der Waals surface area contributed by atoms with Crippen molar-refractivity contribution in [2.75, 3.05) is 24.3 Å². The number of carbonyl (C=O) groups excluding carboxylic acids is 2. The number of carbonyl (C=O) groups is 2. The van der Waals surface area contributed by atoms with Gasteiger partial charge in [-0.25, -0.2) is 9.07 Å². The summed E-state index contributed by atoms with van der Waals surface area (Å²) >= 11 is 0. The Morgan fingerprint density at radius 3 is 2.29 bits per heavy atom. The Kier molecular flexibility index (Phi) is 8.05. The van der Waals surface area contributed by atoms with Crippen LogP contribution in [-0.2, 0) is 22.7 Å². The summed E-state index contributed by atoms with van der Waals surface area (Å²) < 4.78 is 15.5. The van der Waals surface area contributed by atoms with Crippen molar-refractivity contribution in [2.24, 2.45) is 0 Å². The van der Waals surface area contributed by atoms with Crippen LogP contribution in [0.2, 0.25) is 0 Å². The van der Waals surface area contributed by atoms with Gasteiger partial charge in [-0.2, -0.15) is 0 Å². The third kappa shape index (κ3) is 6.24. The van der Waals surface area contributed by atoms with Crippen molar-refractivity contribution < 1.29 is 14.0 Å². The van der Waals surface area contributed by atoms with E-state index in [0.29, 0.717) is 22.3 Å². The van der Waals surface area contributed by atoms with Gasteiger partial charge in [0.15, 0.2) is 0 Å². The van der Waals surface area contributed by atoms with Crippen LogP contribution in [0.25, 0.3) is 11.0 Å². The lowest BCUT2D eigenvalue weighted by molar-refractivity contribution is -0.140. The number of amides is 2. The highest BCUT2D eigenvalue weighted by molar-refractivity contribution is 5.98. The summed E-state index contributed by atoms with van der Waals surface area (Å²) in [4.78, 5) is 31.6. The van der Waals surface area contributed by atoms with Gasteiger partial charge in [0.25, 0.3) is 5.91 Å². The molecule has 1 N–H and O–H groups in total. The van der Waals surface area contributed by atoms with Crippen LogP contribution in [0.4, 0.5) is 15.8 Å². The number of fused-ring (bicyclic) bond motifs is 1. The molecule has 5 aromatic rings. The number of benzene rings is 4. The molecule has 4 aromatic carbocycles. The standard InChI is InChI=1S/C32H31FN6O2/c1-22-8-4-5-9-24(22)20-38(30(40)21-39-29-11-7-6-10-28(29)35-36-39)31(23-12-14-25(33)15-13-23)32(41)34-26-16-18-27(19-17-26)37(2)3/h4-19,31H,20-21H2,1-3H3,(H,34,41)/t31-/m1/s1. The predicted molar refractivity (Wildman–Crippen MR) is 158 cm³/mol. The van der Waals surface area contributed by atoms with Crippen LogP contribution in [0, 0.1) is 12.7 Å². The first kappa shape index (κ1) is 27.5. The Bertz CT molecular complexity index is 1660. The van der Waals surface area contributed by atoms with Gasteiger partial charge < -0.3 is 15.1 Å². The molecule has 0 fully saturated rings. The second-order valence-corrected chi connectivity index (χ2v) is 10.1. The maximum Gasteiger partial charge on any atom is 0.251 e. The van der Waals surface area contributed by atoms with Crippen LogP contribution in [-0.4, -0.2) is 45.8 Å². The van der Waals surface area contributed by atoms with Gasteiger partial charge in [0, 0.05) is 32.0 Å². The summed E-state index contributed by atoms with van der Waals surface area (Å²) in [7, 11) is 3.87. The average Bonchev–Trinajstić information content (AvgIpc) is 3.37. The van der Waals surface area contributed by atoms with Gasteiger partial charge in [-0.15, -0.1) is 5.10 Å². The number of hydrogen-bond donors (Lipinski definition) is 1. The van der Waals surface area contributed by atoms with Gasteiger partial charge in [0.1, 0.15) is 23.9 Å². The lowest BCUT2D eigenvalue weighted by atomic mass is 10.0. The van der Waals surface area contributed by atoms with E-state index in [1.54, 1.807) is 0 Å². The molecule has 9 heteroatoms. The molecule has 1 atom stereocenters. The topological polar surface area (TPSA) is 83.4 Å². The minimum Gasteiger partial charge on any atom is -0.378 e. The molecule has 0 spiro atoms. The van der Waals surface area contributed by atoms with E-state index < -0.39 is 17.8 Å². The average molecular weight is 551 g/mol. The molecule has 0 aliphatic carbocycles. The van der Waals surface area contributed by atoms with E-state index in [1.165, 1.54) is 33.8 Å². The molecule has 0 aliphatic rings. The molecule has 0 aliphatic heterocycles. The largest absolute Gasteiger partial charge is 0.378 e. The number of nitrogens with one attached hydrogen (secondary N) is 1. The van der Waals surface area contributed by atoms with Crippen molar-refractivity contribution in [3.8, 4) is 0 Å². The number of rotatable bonds is 9. The number of aromatic nitrogens is 3. The maximum atomic E-state index is 14.1. The monoisotopic (exact) mass is 550 g/mol. The number of nitrogens with zero attached hydrogens (tertiary/aromatic N) is 5. The van der Waals surface area contributed by atoms with Gasteiger partial charge >= 0.3 is 0 Å². The summed E-state index contributed by atoms with van der Waals surface area (Å²) in [6, 6.07) is 27.1. The lowest BCUT2D eigenvalue weighted by Crippen LogP contribution is -2.42. The van der Waals surface area contributed by atoms with E-state index in [9.17, 15) is 14.0 Å². The molecule has 5 rings (SSSR count). The summed E-state index contributed by atoms with van der Waals surface area (Å²) in [5, 5.41) is 11.3. The van der Waals surface area contributed by atoms with Crippen LogP contribution in [0.3, 0.4) is 0 Å². The number of anilines is 2. The van der Waals surface area contributed by atoms with Crippen molar-refractivity contribution in [3.05, 3.63) is 120 Å². The highest BCUT2D eigenvalue weighted by atomic mass is 19.1. The highest BCUT2D eigenvalue weighted by Crippen LogP contribution is 2.28. The van der Waals surface area contributed by atoms with Crippen LogP contribution in [0.1, 0.15) is 22.7 Å². The van der Waals surface area contributed by atoms with Gasteiger partial charge in [0.05, 0.1) is 5.52 Å². The fraction of sp³-hybridized carbons (Fsp3) is 0.188. The highest BCUT2D eigenvalue weighted by Gasteiger charge is 2.32. The summed E-state index contributed by atoms with van der Waals surface area (Å²) in [6.45, 7) is 1.99. The van der Waals surface area contributed by atoms with E-state index in [1.807, 2.05) is 98.7 Å². The fourth-order valence-electron chi connectivity index (χ4n) is 4.72. The molecule has 1 aromatic heterocycles. The molecule has 1 heterocycles. The zero-order valence-corrected chi connectivity index (χ0v) is 23.2. The molecule has 0 radical (unpaired) electrons. The fourth-order valence-corrected chi connectivity index (χ4v) is 4.72. The third-order valence-corrected chi connectivity index (χ3v) is 7.02. The molecule has 0 bridgehead atoms. The van der Waals surface area contributed by atoms with Crippen LogP contribution < -0.4 is 10.2 Å². The molecular formula is C32H31FN6O2. The Labute approximate surface area is 238 Å². The second kappa shape index (κ2) is 12.0. The Hall–Kier alpha value is -5.05. The molecule has 208 valence electrons. The van der Waals surface area contributed by atoms with Gasteiger partial charge in [-0.3, -0.25) is 9.59 Å². The zero-order chi connectivity index (χ0) is 28.9. The third-order valence-electron chi connectivity index (χ3n) is 7.02. The van der Waals surface area contributed by atoms with Crippen LogP contribution in [0.5, 0.6) is 0 Å². The van der Waals surface area contributed by atoms with Crippen LogP contribution >= 0.6 is 0 Å². The van der Waals surface area contributed by atoms with Crippen molar-refractivity contribution >= 4 is 34.2 Å². The molecule has 8 nitrogen and oxygen atoms in total. The lowest BCUT2D eigenvalue weighted by Gasteiger charge is -2.32. The Balaban J connectivity index is 1.54. The first-order valence-electron chi connectivity index (χ1n) is 13.3. The second-order valence-electron chi connectivity index (χ2n) is 10.1. The van der Waals surface area contributed by atoms with Crippen molar-refractivity contribution in [2.45, 2.75) is 26.1 Å². The number of hydrogen-bond acceptors (Lipinski definition) is 5. The number of aryl methyl sites for hydroxylation is 1. The summed E-state index contributed by atoms with van der Waals surface area (Å²) in [6.07, 6.45) is 0.